The SMILES string of the molecule is COc1cncc(N2CCC(CC#N)(NC(=O)c3cn[nH]c3Nc3ccc(F)cc3)CC2)c1. The van der Waals surface area contributed by atoms with Crippen molar-refractivity contribution < 1.29 is 13.9 Å². The Morgan fingerprint density at radius 1 is 1.27 bits per heavy atom. The number of H-pyrrole nitrogens is 1. The first-order chi connectivity index (χ1) is 16.0. The average Bonchev–Trinajstić information content (AvgIpc) is 3.29. The fourth-order valence-corrected chi connectivity index (χ4v) is 3.92. The number of hydrogen-bond acceptors (Lipinski definition) is 7. The third kappa shape index (κ3) is 5.03. The van der Waals surface area contributed by atoms with Crippen molar-refractivity contribution >= 4 is 23.1 Å². The summed E-state index contributed by atoms with van der Waals surface area (Å²) in [4.78, 5) is 19.5. The van der Waals surface area contributed by atoms with Crippen LogP contribution >= 0.6 is 0 Å². The van der Waals surface area contributed by atoms with Crippen molar-refractivity contribution in [2.45, 2.75) is 24.8 Å². The second-order valence-corrected chi connectivity index (χ2v) is 7.93. The van der Waals surface area contributed by atoms with Crippen LogP contribution in [0.1, 0.15) is 29.6 Å². The van der Waals surface area contributed by atoms with Gasteiger partial charge >= 0.3 is 0 Å². The highest BCUT2D eigenvalue weighted by Crippen LogP contribution is 2.30. The molecule has 3 aromatic rings. The van der Waals surface area contributed by atoms with Crippen LogP contribution in [0.3, 0.4) is 0 Å². The number of pyridine rings is 1. The summed E-state index contributed by atoms with van der Waals surface area (Å²) in [6, 6.07) is 9.93. The van der Waals surface area contributed by atoms with Gasteiger partial charge in [0, 0.05) is 24.8 Å². The largest absolute Gasteiger partial charge is 0.495 e. The summed E-state index contributed by atoms with van der Waals surface area (Å²) < 4.78 is 18.4. The van der Waals surface area contributed by atoms with Gasteiger partial charge in [0.15, 0.2) is 0 Å². The van der Waals surface area contributed by atoms with Crippen LogP contribution in [-0.4, -0.2) is 46.8 Å². The molecule has 170 valence electrons. The van der Waals surface area contributed by atoms with Gasteiger partial charge in [-0.1, -0.05) is 0 Å². The third-order valence-corrected chi connectivity index (χ3v) is 5.81. The molecule has 0 bridgehead atoms. The van der Waals surface area contributed by atoms with Crippen molar-refractivity contribution in [1.29, 1.82) is 5.26 Å². The first kappa shape index (κ1) is 22.1. The molecule has 33 heavy (non-hydrogen) atoms. The Morgan fingerprint density at radius 3 is 2.73 bits per heavy atom. The second-order valence-electron chi connectivity index (χ2n) is 7.93. The van der Waals surface area contributed by atoms with E-state index < -0.39 is 5.54 Å². The number of nitriles is 1. The standard InChI is InChI=1S/C23H24FN7O2/c1-33-19-12-18(13-26-14-19)31-10-7-23(6-9-25,8-11-31)29-22(32)20-15-27-30-21(20)28-17-4-2-16(24)3-5-17/h2-5,12-15H,6-8,10-11H2,1H3,(H,29,32)(H2,27,28,30). The van der Waals surface area contributed by atoms with E-state index in [0.717, 1.165) is 5.69 Å². The molecule has 2 aromatic heterocycles. The summed E-state index contributed by atoms with van der Waals surface area (Å²) in [5, 5.41) is 22.3. The van der Waals surface area contributed by atoms with E-state index in [1.165, 1.54) is 18.3 Å². The average molecular weight is 449 g/mol. The summed E-state index contributed by atoms with van der Waals surface area (Å²) in [5.74, 6) is 0.389. The van der Waals surface area contributed by atoms with Gasteiger partial charge in [0.1, 0.15) is 22.9 Å². The van der Waals surface area contributed by atoms with Gasteiger partial charge in [-0.05, 0) is 37.1 Å². The number of aromatic nitrogens is 3. The number of amides is 1. The lowest BCUT2D eigenvalue weighted by atomic mass is 9.84. The fraction of sp³-hybridized carbons (Fsp3) is 0.304. The van der Waals surface area contributed by atoms with Crippen molar-refractivity contribution in [2.75, 3.05) is 30.4 Å². The molecule has 0 atom stereocenters. The summed E-state index contributed by atoms with van der Waals surface area (Å²) in [6.07, 6.45) is 6.25. The molecule has 9 nitrogen and oxygen atoms in total. The zero-order chi connectivity index (χ0) is 23.3. The minimum absolute atomic E-state index is 0.196. The monoisotopic (exact) mass is 449 g/mol. The summed E-state index contributed by atoms with van der Waals surface area (Å²) in [6.45, 7) is 1.31. The molecule has 10 heteroatoms. The van der Waals surface area contributed by atoms with E-state index in [1.54, 1.807) is 31.6 Å². The summed E-state index contributed by atoms with van der Waals surface area (Å²) in [5.41, 5.74) is 1.21. The van der Waals surface area contributed by atoms with E-state index in [0.29, 0.717) is 48.7 Å². The normalized spacial score (nSPS) is 14.9. The summed E-state index contributed by atoms with van der Waals surface area (Å²) in [7, 11) is 1.60. The molecule has 3 heterocycles. The Kier molecular flexibility index (Phi) is 6.40. The Labute approximate surface area is 190 Å². The van der Waals surface area contributed by atoms with Gasteiger partial charge < -0.3 is 20.3 Å². The van der Waals surface area contributed by atoms with Crippen molar-refractivity contribution in [2.24, 2.45) is 0 Å². The van der Waals surface area contributed by atoms with Crippen LogP contribution in [0.25, 0.3) is 0 Å². The molecule has 1 saturated heterocycles. The fourth-order valence-electron chi connectivity index (χ4n) is 3.92. The molecule has 1 aromatic carbocycles. The first-order valence-corrected chi connectivity index (χ1v) is 10.5. The maximum absolute atomic E-state index is 13.2. The predicted octanol–water partition coefficient (Wildman–Crippen LogP) is 3.38. The lowest BCUT2D eigenvalue weighted by Gasteiger charge is -2.42. The van der Waals surface area contributed by atoms with E-state index in [-0.39, 0.29) is 18.1 Å². The number of carbonyl (C=O) groups excluding carboxylic acids is 1. The molecule has 1 fully saturated rings. The maximum atomic E-state index is 13.2. The molecule has 0 radical (unpaired) electrons. The van der Waals surface area contributed by atoms with Gasteiger partial charge in [0.05, 0.1) is 49.4 Å². The molecule has 0 aliphatic carbocycles. The number of nitrogens with one attached hydrogen (secondary N) is 3. The second kappa shape index (κ2) is 9.56. The number of methoxy groups -OCH3 is 1. The highest BCUT2D eigenvalue weighted by molar-refractivity contribution is 5.99. The number of piperidine rings is 1. The Bertz CT molecular complexity index is 1150. The molecule has 0 saturated carbocycles. The molecular formula is C23H24FN7O2. The smallest absolute Gasteiger partial charge is 0.257 e. The number of halogens is 1. The van der Waals surface area contributed by atoms with Gasteiger partial charge in [-0.15, -0.1) is 0 Å². The Balaban J connectivity index is 1.45. The first-order valence-electron chi connectivity index (χ1n) is 10.5. The highest BCUT2D eigenvalue weighted by Gasteiger charge is 2.37. The van der Waals surface area contributed by atoms with Crippen LogP contribution in [0, 0.1) is 17.1 Å². The van der Waals surface area contributed by atoms with Crippen LogP contribution in [-0.2, 0) is 0 Å². The Hall–Kier alpha value is -4.13. The van der Waals surface area contributed by atoms with E-state index >= 15 is 0 Å². The third-order valence-electron chi connectivity index (χ3n) is 5.81. The lowest BCUT2D eigenvalue weighted by Crippen LogP contribution is -2.55. The molecule has 1 amide bonds. The summed E-state index contributed by atoms with van der Waals surface area (Å²) >= 11 is 0. The molecular weight excluding hydrogens is 425 g/mol. The quantitative estimate of drug-likeness (QED) is 0.506. The number of hydrogen-bond donors (Lipinski definition) is 3. The molecule has 0 unspecified atom stereocenters. The van der Waals surface area contributed by atoms with Gasteiger partial charge in [-0.25, -0.2) is 4.39 Å². The molecule has 4 rings (SSSR count). The van der Waals surface area contributed by atoms with E-state index in [2.05, 4.69) is 36.8 Å². The van der Waals surface area contributed by atoms with Crippen molar-refractivity contribution in [3.05, 3.63) is 60.3 Å². The van der Waals surface area contributed by atoms with E-state index in [9.17, 15) is 14.4 Å². The predicted molar refractivity (Wildman–Crippen MR) is 121 cm³/mol. The zero-order valence-corrected chi connectivity index (χ0v) is 18.1. The number of ether oxygens (including phenoxy) is 1. The Morgan fingerprint density at radius 2 is 2.03 bits per heavy atom. The topological polar surface area (TPSA) is 119 Å². The number of benzene rings is 1. The van der Waals surface area contributed by atoms with Crippen LogP contribution in [0.4, 0.5) is 21.6 Å². The van der Waals surface area contributed by atoms with Gasteiger partial charge in [0.25, 0.3) is 5.91 Å². The van der Waals surface area contributed by atoms with Crippen molar-refractivity contribution in [3.8, 4) is 11.8 Å². The number of aromatic amines is 1. The lowest BCUT2D eigenvalue weighted by molar-refractivity contribution is 0.0883. The molecule has 1 aliphatic rings. The zero-order valence-electron chi connectivity index (χ0n) is 18.1. The molecule has 3 N–H and O–H groups in total. The van der Waals surface area contributed by atoms with Crippen LogP contribution < -0.4 is 20.3 Å². The van der Waals surface area contributed by atoms with Crippen molar-refractivity contribution in [3.63, 3.8) is 0 Å². The van der Waals surface area contributed by atoms with Crippen molar-refractivity contribution in [1.82, 2.24) is 20.5 Å². The van der Waals surface area contributed by atoms with Gasteiger partial charge in [-0.3, -0.25) is 14.9 Å². The number of carbonyl (C=O) groups is 1. The van der Waals surface area contributed by atoms with Crippen LogP contribution in [0.15, 0.2) is 48.9 Å². The van der Waals surface area contributed by atoms with Crippen LogP contribution in [0.2, 0.25) is 0 Å². The number of nitrogens with zero attached hydrogens (tertiary/aromatic N) is 4. The van der Waals surface area contributed by atoms with E-state index in [1.807, 2.05) is 6.07 Å². The van der Waals surface area contributed by atoms with E-state index in [4.69, 9.17) is 4.74 Å². The van der Waals surface area contributed by atoms with Gasteiger partial charge in [0.2, 0.25) is 0 Å². The number of anilines is 3. The number of rotatable bonds is 7. The highest BCUT2D eigenvalue weighted by atomic mass is 19.1. The minimum Gasteiger partial charge on any atom is -0.495 e. The van der Waals surface area contributed by atoms with Crippen LogP contribution in [0.5, 0.6) is 5.75 Å². The molecule has 1 aliphatic heterocycles. The maximum Gasteiger partial charge on any atom is 0.257 e. The molecule has 0 spiro atoms. The van der Waals surface area contributed by atoms with Gasteiger partial charge in [-0.2, -0.15) is 10.4 Å². The minimum atomic E-state index is -0.654.